The monoisotopic (exact) mass is 715 g/mol. The molecule has 2 amide bonds. The van der Waals surface area contributed by atoms with Crippen LogP contribution in [0.4, 0.5) is 14.9 Å². The Bertz CT molecular complexity index is 1850. The van der Waals surface area contributed by atoms with Gasteiger partial charge < -0.3 is 15.0 Å². The smallest absolute Gasteiger partial charge is 0.338 e. The van der Waals surface area contributed by atoms with E-state index < -0.39 is 27.9 Å². The number of aliphatic imine (C=N–C) groups is 1. The number of halogens is 2. The van der Waals surface area contributed by atoms with Crippen LogP contribution in [0.5, 0.6) is 0 Å². The molecule has 254 valence electrons. The van der Waals surface area contributed by atoms with Gasteiger partial charge in [0.2, 0.25) is 10.0 Å². The van der Waals surface area contributed by atoms with Crippen molar-refractivity contribution in [2.75, 3.05) is 57.5 Å². The summed E-state index contributed by atoms with van der Waals surface area (Å²) in [6, 6.07) is 10.8. The normalized spacial score (nSPS) is 20.1. The quantitative estimate of drug-likeness (QED) is 0.227. The number of urea groups is 1. The number of aryl methyl sites for hydroxylation is 1. The molecule has 2 fully saturated rings. The summed E-state index contributed by atoms with van der Waals surface area (Å²) in [5.41, 5.74) is 3.16. The molecule has 1 aromatic heterocycles. The van der Waals surface area contributed by atoms with E-state index in [0.717, 1.165) is 17.5 Å². The van der Waals surface area contributed by atoms with Gasteiger partial charge in [-0.05, 0) is 42.7 Å². The van der Waals surface area contributed by atoms with Crippen molar-refractivity contribution in [2.45, 2.75) is 24.9 Å². The lowest BCUT2D eigenvalue weighted by atomic mass is 9.95. The molecule has 4 heterocycles. The van der Waals surface area contributed by atoms with E-state index in [9.17, 15) is 22.4 Å². The van der Waals surface area contributed by atoms with Crippen LogP contribution < -0.4 is 14.9 Å². The number of carbonyl (C=O) groups excluding carboxylic acids is 2. The van der Waals surface area contributed by atoms with E-state index in [-0.39, 0.29) is 22.7 Å². The maximum absolute atomic E-state index is 14.0. The summed E-state index contributed by atoms with van der Waals surface area (Å²) in [6.07, 6.45) is 4.18. The number of nitrogens with zero attached hydrogens (tertiary/aromatic N) is 5. The van der Waals surface area contributed by atoms with Crippen LogP contribution in [-0.4, -0.2) is 99.7 Å². The highest BCUT2D eigenvalue weighted by Gasteiger charge is 2.42. The third-order valence-electron chi connectivity index (χ3n) is 8.50. The van der Waals surface area contributed by atoms with Gasteiger partial charge in [0.05, 0.1) is 25.0 Å². The number of sulfonamides is 1. The van der Waals surface area contributed by atoms with Gasteiger partial charge >= 0.3 is 12.0 Å². The lowest BCUT2D eigenvalue weighted by Crippen LogP contribution is -2.53. The van der Waals surface area contributed by atoms with E-state index in [1.165, 1.54) is 36.6 Å². The fraction of sp³-hybridized carbons (Fsp3) is 0.375. The van der Waals surface area contributed by atoms with E-state index in [4.69, 9.17) is 21.3 Å². The molecule has 0 saturated carbocycles. The van der Waals surface area contributed by atoms with Crippen LogP contribution in [0.2, 0.25) is 5.02 Å². The highest BCUT2D eigenvalue weighted by molar-refractivity contribution is 7.88. The van der Waals surface area contributed by atoms with Crippen molar-refractivity contribution < 1.29 is 27.1 Å². The Hall–Kier alpha value is -3.89. The molecular formula is C32H35ClFN7O5S2. The molecule has 2 atom stereocenters. The summed E-state index contributed by atoms with van der Waals surface area (Å²) in [7, 11) is -1.91. The second-order valence-electron chi connectivity index (χ2n) is 11.8. The maximum atomic E-state index is 14.0. The summed E-state index contributed by atoms with van der Waals surface area (Å²) in [6.45, 7) is 2.85. The zero-order valence-corrected chi connectivity index (χ0v) is 28.7. The molecule has 0 bridgehead atoms. The molecular weight excluding hydrogens is 681 g/mol. The number of amides is 2. The van der Waals surface area contributed by atoms with Crippen molar-refractivity contribution in [3.63, 3.8) is 0 Å². The minimum Gasteiger partial charge on any atom is -0.466 e. The Kier molecular flexibility index (Phi) is 10.1. The van der Waals surface area contributed by atoms with Gasteiger partial charge in [-0.2, -0.15) is 0 Å². The number of esters is 1. The van der Waals surface area contributed by atoms with E-state index in [0.29, 0.717) is 74.2 Å². The first-order valence-corrected chi connectivity index (χ1v) is 18.5. The molecule has 2 unspecified atom stereocenters. The van der Waals surface area contributed by atoms with Crippen molar-refractivity contribution >= 4 is 56.5 Å². The van der Waals surface area contributed by atoms with E-state index >= 15 is 0 Å². The van der Waals surface area contributed by atoms with E-state index in [2.05, 4.69) is 19.9 Å². The Morgan fingerprint density at radius 3 is 2.67 bits per heavy atom. The first kappa shape index (κ1) is 34.0. The fourth-order valence-corrected chi connectivity index (χ4v) is 7.59. The number of rotatable bonds is 11. The standard InChI is InChI=1S/C32H35ClFN7O5S2/c1-46-31(42)27-26(37-29(30-35-12-15-47-30)38-28(27)24-10-7-21(34)16-25(24)33)19-39-13-14-40-23(17-39)18-41(32(40)43)22-8-5-20(6-9-22)4-3-11-36-48(2,44)45/h5-10,12,15-16,23,28,36H,3-4,11,13-14,17-19H2,1-2H3,(H,37,38). The Morgan fingerprint density at radius 2 is 1.98 bits per heavy atom. The first-order chi connectivity index (χ1) is 23.0. The summed E-state index contributed by atoms with van der Waals surface area (Å²) >= 11 is 7.88. The maximum Gasteiger partial charge on any atom is 0.338 e. The van der Waals surface area contributed by atoms with Crippen molar-refractivity contribution in [1.29, 1.82) is 0 Å². The van der Waals surface area contributed by atoms with Crippen LogP contribution in [0, 0.1) is 5.82 Å². The summed E-state index contributed by atoms with van der Waals surface area (Å²) in [5.74, 6) is -0.617. The van der Waals surface area contributed by atoms with Crippen molar-refractivity contribution in [2.24, 2.45) is 4.99 Å². The topological polar surface area (TPSA) is 137 Å². The highest BCUT2D eigenvalue weighted by atomic mass is 35.5. The van der Waals surface area contributed by atoms with Gasteiger partial charge in [-0.3, -0.25) is 14.8 Å². The van der Waals surface area contributed by atoms with Crippen LogP contribution in [-0.2, 0) is 26.0 Å². The number of nitrogens with one attached hydrogen (secondary N) is 2. The molecule has 0 spiro atoms. The number of amidine groups is 1. The third-order valence-corrected chi connectivity index (χ3v) is 10.3. The van der Waals surface area contributed by atoms with E-state index in [1.54, 1.807) is 11.1 Å². The van der Waals surface area contributed by atoms with Crippen molar-refractivity contribution in [3.8, 4) is 0 Å². The number of aromatic nitrogens is 1. The first-order valence-electron chi connectivity index (χ1n) is 15.4. The van der Waals surface area contributed by atoms with Gasteiger partial charge in [0.1, 0.15) is 11.9 Å². The Morgan fingerprint density at radius 1 is 1.19 bits per heavy atom. The molecule has 3 aliphatic heterocycles. The van der Waals surface area contributed by atoms with Gasteiger partial charge in [0, 0.05) is 72.8 Å². The number of hydrogen-bond donors (Lipinski definition) is 2. The van der Waals surface area contributed by atoms with Crippen LogP contribution in [0.3, 0.4) is 0 Å². The average Bonchev–Trinajstić information content (AvgIpc) is 3.71. The summed E-state index contributed by atoms with van der Waals surface area (Å²) < 4.78 is 44.3. The van der Waals surface area contributed by atoms with Gasteiger partial charge in [-0.1, -0.05) is 29.8 Å². The number of fused-ring (bicyclic) bond motifs is 1. The summed E-state index contributed by atoms with van der Waals surface area (Å²) in [5, 5.41) is 5.92. The average molecular weight is 716 g/mol. The van der Waals surface area contributed by atoms with Crippen LogP contribution in [0.1, 0.15) is 28.6 Å². The zero-order valence-electron chi connectivity index (χ0n) is 26.4. The second-order valence-corrected chi connectivity index (χ2v) is 14.9. The largest absolute Gasteiger partial charge is 0.466 e. The second kappa shape index (κ2) is 14.3. The molecule has 3 aliphatic rings. The number of thiazole rings is 1. The number of ether oxygens (including phenoxy) is 1. The fourth-order valence-electron chi connectivity index (χ4n) is 6.22. The predicted octanol–water partition coefficient (Wildman–Crippen LogP) is 3.56. The number of benzene rings is 2. The molecule has 3 aromatic rings. The molecule has 2 aromatic carbocycles. The number of methoxy groups -OCH3 is 1. The number of anilines is 1. The molecule has 16 heteroatoms. The highest BCUT2D eigenvalue weighted by Crippen LogP contribution is 2.37. The molecule has 48 heavy (non-hydrogen) atoms. The molecule has 2 saturated heterocycles. The number of carbonyl (C=O) groups is 2. The van der Waals surface area contributed by atoms with Crippen molar-refractivity contribution in [1.82, 2.24) is 24.8 Å². The van der Waals surface area contributed by atoms with Crippen LogP contribution in [0.25, 0.3) is 0 Å². The number of hydrogen-bond acceptors (Lipinski definition) is 10. The lowest BCUT2D eigenvalue weighted by Gasteiger charge is -2.38. The zero-order chi connectivity index (χ0) is 34.0. The molecule has 2 N–H and O–H groups in total. The predicted molar refractivity (Wildman–Crippen MR) is 182 cm³/mol. The molecule has 0 radical (unpaired) electrons. The molecule has 0 aliphatic carbocycles. The van der Waals surface area contributed by atoms with Crippen LogP contribution >= 0.6 is 22.9 Å². The summed E-state index contributed by atoms with van der Waals surface area (Å²) in [4.78, 5) is 41.8. The van der Waals surface area contributed by atoms with Gasteiger partial charge in [-0.15, -0.1) is 11.3 Å². The van der Waals surface area contributed by atoms with Gasteiger partial charge in [-0.25, -0.2) is 32.1 Å². The molecule has 6 rings (SSSR count). The minimum atomic E-state index is -3.21. The molecule has 12 nitrogen and oxygen atoms in total. The minimum absolute atomic E-state index is 0.0563. The van der Waals surface area contributed by atoms with Gasteiger partial charge in [0.25, 0.3) is 0 Å². The third kappa shape index (κ3) is 7.55. The Labute approximate surface area is 287 Å². The van der Waals surface area contributed by atoms with E-state index in [1.807, 2.05) is 34.5 Å². The Balaban J connectivity index is 1.19. The SMILES string of the molecule is COC(=O)C1=C(CN2CCN3C(=O)N(c4ccc(CCCNS(C)(=O)=O)cc4)CC3C2)NC(c2nccs2)=NC1c1ccc(F)cc1Cl. The van der Waals surface area contributed by atoms with Crippen LogP contribution in [0.15, 0.2) is 70.3 Å². The van der Waals surface area contributed by atoms with Crippen molar-refractivity contribution in [3.05, 3.63) is 92.3 Å². The lowest BCUT2D eigenvalue weighted by molar-refractivity contribution is -0.136. The number of piperazine rings is 1. The van der Waals surface area contributed by atoms with Gasteiger partial charge in [0.15, 0.2) is 10.8 Å².